The number of urea groups is 1. The molecule has 8 nitrogen and oxygen atoms in total. The van der Waals surface area contributed by atoms with Crippen molar-refractivity contribution < 1.29 is 22.8 Å². The first-order valence-corrected chi connectivity index (χ1v) is 14.6. The van der Waals surface area contributed by atoms with Crippen LogP contribution in [-0.4, -0.2) is 66.0 Å². The summed E-state index contributed by atoms with van der Waals surface area (Å²) in [5.74, 6) is 5.92. The van der Waals surface area contributed by atoms with Gasteiger partial charge in [0, 0.05) is 67.3 Å². The number of nitrogens with zero attached hydrogens (tertiary/aromatic N) is 3. The van der Waals surface area contributed by atoms with E-state index < -0.39 is 17.6 Å². The van der Waals surface area contributed by atoms with E-state index in [0.717, 1.165) is 44.0 Å². The van der Waals surface area contributed by atoms with Crippen molar-refractivity contribution in [3.05, 3.63) is 88.1 Å². The fourth-order valence-electron chi connectivity index (χ4n) is 4.98. The van der Waals surface area contributed by atoms with Gasteiger partial charge in [0.05, 0.1) is 5.56 Å². The standard InChI is InChI=1S/C33H35F3N6O2/c1-22-6-9-25(18-24(22)10-7-23-8-13-30(37-20-23)40-32(44)39-27-4-3-5-27)31(43)38-28-12-11-26(29(19-28)33(34,35)36)21-42-16-14-41(2)15-17-42/h6,8-9,11-13,18-20,27H,3-5,14-17,21H2,1-2H3,(H,38,43)(H2,37,39,40,44). The van der Waals surface area contributed by atoms with Crippen LogP contribution in [0, 0.1) is 18.8 Å². The second kappa shape index (κ2) is 13.5. The van der Waals surface area contributed by atoms with Crippen LogP contribution in [0.25, 0.3) is 0 Å². The molecule has 0 radical (unpaired) electrons. The molecule has 0 atom stereocenters. The summed E-state index contributed by atoms with van der Waals surface area (Å²) >= 11 is 0. The molecule has 5 rings (SSSR count). The summed E-state index contributed by atoms with van der Waals surface area (Å²) in [6, 6.07) is 12.2. The number of aromatic nitrogens is 1. The molecule has 0 bridgehead atoms. The maximum atomic E-state index is 14.0. The Morgan fingerprint density at radius 1 is 0.977 bits per heavy atom. The molecule has 44 heavy (non-hydrogen) atoms. The average molecular weight is 605 g/mol. The van der Waals surface area contributed by atoms with E-state index in [-0.39, 0.29) is 35.4 Å². The van der Waals surface area contributed by atoms with Crippen molar-refractivity contribution in [3.8, 4) is 11.8 Å². The molecule has 3 N–H and O–H groups in total. The highest BCUT2D eigenvalue weighted by Crippen LogP contribution is 2.35. The van der Waals surface area contributed by atoms with Crippen molar-refractivity contribution in [3.63, 3.8) is 0 Å². The van der Waals surface area contributed by atoms with Gasteiger partial charge in [0.2, 0.25) is 0 Å². The van der Waals surface area contributed by atoms with Crippen LogP contribution < -0.4 is 16.0 Å². The van der Waals surface area contributed by atoms with Crippen LogP contribution in [0.1, 0.15) is 57.4 Å². The Balaban J connectivity index is 1.25. The Bertz CT molecular complexity index is 1570. The highest BCUT2D eigenvalue weighted by Gasteiger charge is 2.34. The first-order chi connectivity index (χ1) is 21.0. The van der Waals surface area contributed by atoms with E-state index in [2.05, 4.69) is 37.7 Å². The molecule has 2 aliphatic rings. The highest BCUT2D eigenvalue weighted by molar-refractivity contribution is 6.04. The summed E-state index contributed by atoms with van der Waals surface area (Å²) in [6.07, 6.45) is 0.0877. The number of hydrogen-bond acceptors (Lipinski definition) is 5. The number of carbonyl (C=O) groups is 2. The first-order valence-electron chi connectivity index (χ1n) is 14.6. The number of alkyl halides is 3. The SMILES string of the molecule is Cc1ccc(C(=O)Nc2ccc(CN3CCN(C)CC3)c(C(F)(F)F)c2)cc1C#Cc1ccc(NC(=O)NC2CCC2)nc1. The van der Waals surface area contributed by atoms with Crippen LogP contribution in [0.4, 0.5) is 29.5 Å². The molecular weight excluding hydrogens is 569 g/mol. The molecule has 3 aromatic rings. The van der Waals surface area contributed by atoms with Crippen LogP contribution in [-0.2, 0) is 12.7 Å². The van der Waals surface area contributed by atoms with Crippen molar-refractivity contribution >= 4 is 23.4 Å². The smallest absolute Gasteiger partial charge is 0.335 e. The Morgan fingerprint density at radius 3 is 2.41 bits per heavy atom. The molecule has 11 heteroatoms. The zero-order valence-corrected chi connectivity index (χ0v) is 24.7. The van der Waals surface area contributed by atoms with E-state index in [0.29, 0.717) is 30.0 Å². The molecule has 0 unspecified atom stereocenters. The predicted molar refractivity (Wildman–Crippen MR) is 163 cm³/mol. The predicted octanol–water partition coefficient (Wildman–Crippen LogP) is 5.48. The van der Waals surface area contributed by atoms with Gasteiger partial charge in [0.15, 0.2) is 0 Å². The van der Waals surface area contributed by atoms with Crippen LogP contribution in [0.5, 0.6) is 0 Å². The largest absolute Gasteiger partial charge is 0.416 e. The third-order valence-electron chi connectivity index (χ3n) is 7.95. The Morgan fingerprint density at radius 2 is 1.75 bits per heavy atom. The van der Waals surface area contributed by atoms with Gasteiger partial charge in [0.1, 0.15) is 5.82 Å². The highest BCUT2D eigenvalue weighted by atomic mass is 19.4. The number of pyridine rings is 1. The number of likely N-dealkylation sites (N-methyl/N-ethyl adjacent to an activating group) is 1. The normalized spacial score (nSPS) is 15.9. The van der Waals surface area contributed by atoms with Gasteiger partial charge >= 0.3 is 12.2 Å². The Labute approximate surface area is 255 Å². The lowest BCUT2D eigenvalue weighted by atomic mass is 9.93. The van der Waals surface area contributed by atoms with Gasteiger partial charge in [-0.05, 0) is 80.8 Å². The Hall–Kier alpha value is -4.40. The van der Waals surface area contributed by atoms with Crippen LogP contribution in [0.2, 0.25) is 0 Å². The van der Waals surface area contributed by atoms with Gasteiger partial charge < -0.3 is 15.5 Å². The number of halogens is 3. The molecule has 1 aliphatic carbocycles. The van der Waals surface area contributed by atoms with E-state index in [4.69, 9.17) is 0 Å². The number of carbonyl (C=O) groups excluding carboxylic acids is 2. The molecule has 230 valence electrons. The van der Waals surface area contributed by atoms with Gasteiger partial charge in [-0.2, -0.15) is 13.2 Å². The molecule has 2 aromatic carbocycles. The van der Waals surface area contributed by atoms with Gasteiger partial charge in [-0.3, -0.25) is 15.0 Å². The quantitative estimate of drug-likeness (QED) is 0.324. The fraction of sp³-hybridized carbons (Fsp3) is 0.364. The summed E-state index contributed by atoms with van der Waals surface area (Å²) in [5.41, 5.74) is 1.81. The second-order valence-corrected chi connectivity index (χ2v) is 11.3. The minimum Gasteiger partial charge on any atom is -0.335 e. The van der Waals surface area contributed by atoms with Crippen LogP contribution >= 0.6 is 0 Å². The third kappa shape index (κ3) is 8.15. The van der Waals surface area contributed by atoms with Crippen molar-refractivity contribution in [1.29, 1.82) is 0 Å². The van der Waals surface area contributed by atoms with E-state index >= 15 is 0 Å². The number of hydrogen-bond donors (Lipinski definition) is 3. The molecule has 2 heterocycles. The lowest BCUT2D eigenvalue weighted by Gasteiger charge is -2.33. The van der Waals surface area contributed by atoms with Gasteiger partial charge in [-0.25, -0.2) is 9.78 Å². The molecular formula is C33H35F3N6O2. The first kappa shape index (κ1) is 31.0. The molecule has 1 aliphatic heterocycles. The molecule has 1 saturated heterocycles. The summed E-state index contributed by atoms with van der Waals surface area (Å²) in [4.78, 5) is 33.5. The van der Waals surface area contributed by atoms with E-state index in [1.165, 1.54) is 12.1 Å². The second-order valence-electron chi connectivity index (χ2n) is 11.3. The molecule has 2 fully saturated rings. The number of rotatable bonds is 6. The van der Waals surface area contributed by atoms with E-state index in [9.17, 15) is 22.8 Å². The van der Waals surface area contributed by atoms with Gasteiger partial charge in [-0.1, -0.05) is 24.0 Å². The van der Waals surface area contributed by atoms with Crippen LogP contribution in [0.15, 0.2) is 54.7 Å². The van der Waals surface area contributed by atoms with Gasteiger partial charge in [-0.15, -0.1) is 0 Å². The van der Waals surface area contributed by atoms with E-state index in [1.807, 2.05) is 18.9 Å². The number of aryl methyl sites for hydroxylation is 1. The number of piperazine rings is 1. The van der Waals surface area contributed by atoms with Crippen molar-refractivity contribution in [2.75, 3.05) is 43.9 Å². The maximum Gasteiger partial charge on any atom is 0.416 e. The monoisotopic (exact) mass is 604 g/mol. The van der Waals surface area contributed by atoms with Crippen molar-refractivity contribution in [2.45, 2.75) is 44.9 Å². The lowest BCUT2D eigenvalue weighted by molar-refractivity contribution is -0.138. The van der Waals surface area contributed by atoms with E-state index in [1.54, 1.807) is 36.5 Å². The minimum absolute atomic E-state index is 0.0683. The minimum atomic E-state index is -4.55. The zero-order chi connectivity index (χ0) is 31.3. The number of anilines is 2. The summed E-state index contributed by atoms with van der Waals surface area (Å²) in [7, 11) is 1.99. The average Bonchev–Trinajstić information content (AvgIpc) is 2.96. The molecule has 0 spiro atoms. The maximum absolute atomic E-state index is 14.0. The topological polar surface area (TPSA) is 89.6 Å². The molecule has 1 aromatic heterocycles. The number of benzene rings is 2. The summed E-state index contributed by atoms with van der Waals surface area (Å²) in [6.45, 7) is 5.05. The van der Waals surface area contributed by atoms with Crippen molar-refractivity contribution in [2.24, 2.45) is 0 Å². The molecule has 1 saturated carbocycles. The third-order valence-corrected chi connectivity index (χ3v) is 7.95. The molecule has 3 amide bonds. The summed E-state index contributed by atoms with van der Waals surface area (Å²) in [5, 5.41) is 8.20. The number of nitrogens with one attached hydrogen (secondary N) is 3. The van der Waals surface area contributed by atoms with Crippen LogP contribution in [0.3, 0.4) is 0 Å². The lowest BCUT2D eigenvalue weighted by Crippen LogP contribution is -2.44. The fourth-order valence-corrected chi connectivity index (χ4v) is 4.98. The summed E-state index contributed by atoms with van der Waals surface area (Å²) < 4.78 is 42.0. The van der Waals surface area contributed by atoms with Gasteiger partial charge in [0.25, 0.3) is 5.91 Å². The zero-order valence-electron chi connectivity index (χ0n) is 24.7. The van der Waals surface area contributed by atoms with Crippen molar-refractivity contribution in [1.82, 2.24) is 20.1 Å². The Kier molecular flexibility index (Phi) is 9.52. The number of amides is 3.